The van der Waals surface area contributed by atoms with Gasteiger partial charge in [0.25, 0.3) is 0 Å². The van der Waals surface area contributed by atoms with E-state index < -0.39 is 102 Å². The van der Waals surface area contributed by atoms with Gasteiger partial charge in [-0.1, -0.05) is 44.9 Å². The first-order chi connectivity index (χ1) is 17.3. The van der Waals surface area contributed by atoms with Gasteiger partial charge in [0, 0.05) is 35.0 Å². The quantitative estimate of drug-likeness (QED) is 0.781. The molecule has 2 unspecified atom stereocenters. The molecular weight excluding hydrogens is 344 g/mol. The molecule has 0 aromatic heterocycles. The largest absolute Gasteiger partial charge is 0.385 e. The lowest BCUT2D eigenvalue weighted by atomic mass is 9.94. The van der Waals surface area contributed by atoms with Gasteiger partial charge in [0.05, 0.1) is 6.85 Å². The van der Waals surface area contributed by atoms with Crippen molar-refractivity contribution in [3.8, 4) is 0 Å². The van der Waals surface area contributed by atoms with E-state index in [0.29, 0.717) is 4.90 Å². The van der Waals surface area contributed by atoms with Crippen LogP contribution in [0.3, 0.4) is 0 Å². The summed E-state index contributed by atoms with van der Waals surface area (Å²) >= 11 is 0. The summed E-state index contributed by atoms with van der Waals surface area (Å²) in [7, 11) is 1.04. The third kappa shape index (κ3) is 4.75. The van der Waals surface area contributed by atoms with Crippen molar-refractivity contribution in [2.45, 2.75) is 58.6 Å². The van der Waals surface area contributed by atoms with Gasteiger partial charge in [-0.3, -0.25) is 14.4 Å². The minimum absolute atomic E-state index is 0.613. The van der Waals surface area contributed by atoms with Crippen molar-refractivity contribution in [3.63, 3.8) is 0 Å². The minimum atomic E-state index is -3.09. The lowest BCUT2D eigenvalue weighted by Crippen LogP contribution is -2.44. The summed E-state index contributed by atoms with van der Waals surface area (Å²) in [6, 6.07) is -7.84. The van der Waals surface area contributed by atoms with Gasteiger partial charge in [0.1, 0.15) is 12.1 Å². The highest BCUT2D eigenvalue weighted by Gasteiger charge is 2.34. The van der Waals surface area contributed by atoms with Crippen LogP contribution in [0.5, 0.6) is 0 Å². The molecule has 1 heterocycles. The summed E-state index contributed by atoms with van der Waals surface area (Å²) in [6.07, 6.45) is -6.38. The molecule has 2 amide bonds. The first kappa shape index (κ1) is 9.82. The van der Waals surface area contributed by atoms with Gasteiger partial charge >= 0.3 is 0 Å². The predicted octanol–water partition coefficient (Wildman–Crippen LogP) is 1.86. The molecule has 0 bridgehead atoms. The summed E-state index contributed by atoms with van der Waals surface area (Å²) in [4.78, 5) is 39.8. The van der Waals surface area contributed by atoms with Crippen molar-refractivity contribution in [1.82, 2.24) is 10.2 Å². The molecule has 0 saturated carbocycles. The van der Waals surface area contributed by atoms with Gasteiger partial charge in [-0.25, -0.2) is 0 Å². The van der Waals surface area contributed by atoms with Crippen molar-refractivity contribution >= 4 is 17.6 Å². The summed E-state index contributed by atoms with van der Waals surface area (Å²) < 4.78 is 96.7. The second-order valence-corrected chi connectivity index (χ2v) is 6.31. The zero-order valence-corrected chi connectivity index (χ0v) is 15.5. The molecule has 1 aromatic rings. The van der Waals surface area contributed by atoms with E-state index in [0.717, 1.165) is 27.8 Å². The molecule has 0 aliphatic carbocycles. The number of hydrogen-bond donors (Lipinski definition) is 2. The van der Waals surface area contributed by atoms with Crippen LogP contribution in [0.2, 0.25) is 0 Å². The lowest BCUT2D eigenvalue weighted by molar-refractivity contribution is -0.138. The SMILES string of the molecule is [2H]c1c([2H])c([2H])c2c(c1[2H])[C@H](NC(=O)[C@]([2H])(C)CC(=O)[C@@H](O)C([2H])(C)C([2H])([2H])[2H])C(=O)N(C)C([2H])(C)C2([2H])[2H]. The number of ketones is 1. The first-order valence-electron chi connectivity index (χ1n) is 14.2. The molecule has 0 saturated heterocycles. The van der Waals surface area contributed by atoms with E-state index in [9.17, 15) is 19.5 Å². The number of rotatable bonds is 6. The second-order valence-electron chi connectivity index (χ2n) is 6.31. The van der Waals surface area contributed by atoms with E-state index in [1.54, 1.807) is 0 Å². The van der Waals surface area contributed by atoms with Crippen LogP contribution < -0.4 is 5.32 Å². The Labute approximate surface area is 177 Å². The number of aliphatic hydroxyl groups is 1. The average Bonchev–Trinajstić information content (AvgIpc) is 2.83. The topological polar surface area (TPSA) is 86.7 Å². The predicted molar refractivity (Wildman–Crippen MR) is 103 cm³/mol. The number of carbonyl (C=O) groups excluding carboxylic acids is 3. The number of Topliss-reactive ketones (excluding diaryl/α,β-unsaturated/α-hetero) is 1. The number of hydrogen-bond acceptors (Lipinski definition) is 4. The Morgan fingerprint density at radius 1 is 1.52 bits per heavy atom. The molecule has 148 valence electrons. The molecule has 1 aliphatic rings. The maximum atomic E-state index is 13.4. The molecule has 0 spiro atoms. The van der Waals surface area contributed by atoms with Crippen LogP contribution in [0.25, 0.3) is 0 Å². The van der Waals surface area contributed by atoms with Crippen LogP contribution in [-0.4, -0.2) is 46.8 Å². The minimum Gasteiger partial charge on any atom is -0.385 e. The summed E-state index contributed by atoms with van der Waals surface area (Å²) in [5, 5.41) is 12.3. The maximum Gasteiger partial charge on any atom is 0.249 e. The van der Waals surface area contributed by atoms with E-state index in [1.165, 1.54) is 0 Å². The number of carbonyl (C=O) groups is 3. The fourth-order valence-corrected chi connectivity index (χ4v) is 2.45. The highest BCUT2D eigenvalue weighted by molar-refractivity contribution is 5.93. The van der Waals surface area contributed by atoms with Crippen molar-refractivity contribution in [2.75, 3.05) is 7.05 Å². The number of amides is 2. The molecule has 1 aromatic carbocycles. The molecule has 0 radical (unpaired) electrons. The summed E-state index contributed by atoms with van der Waals surface area (Å²) in [5.41, 5.74) is -1.40. The standard InChI is InChI=1S/C21H30N2O4/c1-12(2)19(25)17(24)10-13(3)20(26)22-18-16-9-7-6-8-15(16)11-14(4)23(5)21(18)27/h6-9,12-14,18-19,25H,10-11H2,1-5H3,(H,22,26)/t13-,14?,18+,19+/m1/s1/i1D3,6D,7D,8D,9D,11D2,12D,13D,14D/t12?,13-,14?,18+,19+. The molecule has 2 N–H and O–H groups in total. The van der Waals surface area contributed by atoms with Crippen LogP contribution in [0.1, 0.15) is 67.7 Å². The Balaban J connectivity index is 2.61. The van der Waals surface area contributed by atoms with Gasteiger partial charge in [0.2, 0.25) is 11.8 Å². The van der Waals surface area contributed by atoms with E-state index in [-0.39, 0.29) is 0 Å². The summed E-state index contributed by atoms with van der Waals surface area (Å²) in [6.45, 7) is -0.379. The zero-order valence-electron chi connectivity index (χ0n) is 27.5. The number of nitrogens with zero attached hydrogens (tertiary/aromatic N) is 1. The average molecular weight is 387 g/mol. The van der Waals surface area contributed by atoms with E-state index >= 15 is 0 Å². The maximum absolute atomic E-state index is 13.4. The monoisotopic (exact) mass is 386 g/mol. The van der Waals surface area contributed by atoms with Crippen LogP contribution in [-0.2, 0) is 20.8 Å². The Morgan fingerprint density at radius 3 is 2.85 bits per heavy atom. The van der Waals surface area contributed by atoms with Crippen molar-refractivity contribution in [1.29, 1.82) is 0 Å². The van der Waals surface area contributed by atoms with E-state index in [4.69, 9.17) is 16.4 Å². The molecule has 0 fully saturated rings. The number of aliphatic hydroxyl groups excluding tert-OH is 1. The van der Waals surface area contributed by atoms with Gasteiger partial charge in [-0.15, -0.1) is 0 Å². The van der Waals surface area contributed by atoms with Gasteiger partial charge < -0.3 is 15.3 Å². The smallest absolute Gasteiger partial charge is 0.249 e. The van der Waals surface area contributed by atoms with Gasteiger partial charge in [-0.05, 0) is 30.3 Å². The van der Waals surface area contributed by atoms with Crippen molar-refractivity contribution < 1.29 is 35.9 Å². The zero-order chi connectivity index (χ0) is 30.8. The summed E-state index contributed by atoms with van der Waals surface area (Å²) in [5.74, 6) is -8.97. The van der Waals surface area contributed by atoms with Crippen LogP contribution in [0, 0.1) is 11.8 Å². The Hall–Kier alpha value is -2.21. The van der Waals surface area contributed by atoms with Crippen molar-refractivity contribution in [2.24, 2.45) is 11.8 Å². The first-order valence-corrected chi connectivity index (χ1v) is 8.17. The normalized spacial score (nSPS) is 36.9. The third-order valence-electron chi connectivity index (χ3n) is 4.21. The molecule has 6 nitrogen and oxygen atoms in total. The second kappa shape index (κ2) is 8.65. The van der Waals surface area contributed by atoms with E-state index in [2.05, 4.69) is 5.32 Å². The molecule has 27 heavy (non-hydrogen) atoms. The van der Waals surface area contributed by atoms with Gasteiger partial charge in [-0.2, -0.15) is 0 Å². The number of fused-ring (bicyclic) bond motifs is 1. The number of benzene rings is 1. The highest BCUT2D eigenvalue weighted by Crippen LogP contribution is 2.27. The fourth-order valence-electron chi connectivity index (χ4n) is 2.45. The van der Waals surface area contributed by atoms with Crippen LogP contribution in [0.4, 0.5) is 0 Å². The molecule has 5 atom stereocenters. The fraction of sp³-hybridized carbons (Fsp3) is 0.571. The van der Waals surface area contributed by atoms with Crippen molar-refractivity contribution in [3.05, 3.63) is 35.3 Å². The molecule has 1 aliphatic heterocycles. The number of likely N-dealkylation sites (N-methyl/N-ethyl adjacent to an activating group) is 1. The Kier molecular flexibility index (Phi) is 3.15. The van der Waals surface area contributed by atoms with Crippen LogP contribution >= 0.6 is 0 Å². The Bertz CT molecular complexity index is 1210. The Morgan fingerprint density at radius 2 is 2.19 bits per heavy atom. The van der Waals surface area contributed by atoms with E-state index in [1.807, 2.05) is 0 Å². The highest BCUT2D eigenvalue weighted by atomic mass is 16.3. The van der Waals surface area contributed by atoms with Gasteiger partial charge in [0.15, 0.2) is 5.78 Å². The third-order valence-corrected chi connectivity index (χ3v) is 4.21. The molecule has 2 rings (SSSR count). The lowest BCUT2D eigenvalue weighted by Gasteiger charge is -2.26. The molecular formula is C21H30N2O4. The van der Waals surface area contributed by atoms with Crippen LogP contribution in [0.15, 0.2) is 24.2 Å². The number of nitrogens with one attached hydrogen (secondary N) is 1. The molecule has 6 heteroatoms.